The van der Waals surface area contributed by atoms with Crippen molar-refractivity contribution in [3.63, 3.8) is 0 Å². The van der Waals surface area contributed by atoms with E-state index in [1.807, 2.05) is 20.9 Å². The molecular weight excluding hydrogens is 465 g/mol. The van der Waals surface area contributed by atoms with E-state index in [1.54, 1.807) is 35.0 Å². The molecule has 0 saturated heterocycles. The van der Waals surface area contributed by atoms with E-state index in [4.69, 9.17) is 9.47 Å². The molecule has 3 N–H and O–H groups in total. The van der Waals surface area contributed by atoms with Gasteiger partial charge in [0.2, 0.25) is 5.78 Å². The summed E-state index contributed by atoms with van der Waals surface area (Å²) in [5.74, 6) is -0.0499. The number of ketones is 1. The van der Waals surface area contributed by atoms with Gasteiger partial charge in [-0.1, -0.05) is 0 Å². The molecular formula is C26H24FN5O4. The van der Waals surface area contributed by atoms with Gasteiger partial charge in [0, 0.05) is 48.1 Å². The molecule has 0 atom stereocenters. The van der Waals surface area contributed by atoms with Crippen molar-refractivity contribution in [3.8, 4) is 22.8 Å². The number of halogens is 1. The van der Waals surface area contributed by atoms with Gasteiger partial charge in [-0.25, -0.2) is 9.18 Å². The van der Waals surface area contributed by atoms with Crippen LogP contribution in [0.3, 0.4) is 0 Å². The minimum absolute atomic E-state index is 0.0756. The number of allylic oxidation sites excluding steroid dienone is 1. The van der Waals surface area contributed by atoms with Gasteiger partial charge in [-0.3, -0.25) is 9.48 Å². The second-order valence-corrected chi connectivity index (χ2v) is 8.47. The Kier molecular flexibility index (Phi) is 5.51. The lowest BCUT2D eigenvalue weighted by Gasteiger charge is -2.05. The Morgan fingerprint density at radius 1 is 1.25 bits per heavy atom. The highest BCUT2D eigenvalue weighted by atomic mass is 19.1. The summed E-state index contributed by atoms with van der Waals surface area (Å²) in [4.78, 5) is 28.2. The normalized spacial score (nSPS) is 13.7. The summed E-state index contributed by atoms with van der Waals surface area (Å²) in [5.41, 5.74) is 4.66. The summed E-state index contributed by atoms with van der Waals surface area (Å²) in [5, 5.41) is 10.1. The fourth-order valence-electron chi connectivity index (χ4n) is 4.44. The molecule has 1 aliphatic heterocycles. The van der Waals surface area contributed by atoms with Crippen LogP contribution in [0.2, 0.25) is 0 Å². The molecule has 0 aliphatic carbocycles. The summed E-state index contributed by atoms with van der Waals surface area (Å²) in [6.07, 6.45) is 1.60. The molecule has 3 heterocycles. The Morgan fingerprint density at radius 3 is 2.69 bits per heavy atom. The summed E-state index contributed by atoms with van der Waals surface area (Å²) < 4.78 is 28.0. The zero-order chi connectivity index (χ0) is 25.7. The van der Waals surface area contributed by atoms with Gasteiger partial charge >= 0.3 is 6.03 Å². The zero-order valence-corrected chi connectivity index (χ0v) is 20.4. The fourth-order valence-corrected chi connectivity index (χ4v) is 4.44. The van der Waals surface area contributed by atoms with Gasteiger partial charge in [0.25, 0.3) is 0 Å². The molecule has 0 radical (unpaired) electrons. The van der Waals surface area contributed by atoms with E-state index in [2.05, 4.69) is 20.7 Å². The molecule has 0 unspecified atom stereocenters. The third kappa shape index (κ3) is 3.67. The molecule has 0 saturated carbocycles. The Balaban J connectivity index is 1.68. The summed E-state index contributed by atoms with van der Waals surface area (Å²) in [6.45, 7) is 3.79. The van der Waals surface area contributed by atoms with Gasteiger partial charge in [0.15, 0.2) is 11.6 Å². The molecule has 10 heteroatoms. The van der Waals surface area contributed by atoms with Gasteiger partial charge in [0.05, 0.1) is 29.6 Å². The highest BCUT2D eigenvalue weighted by Gasteiger charge is 2.30. The first kappa shape index (κ1) is 23.2. The Morgan fingerprint density at radius 2 is 2.03 bits per heavy atom. The lowest BCUT2D eigenvalue weighted by molar-refractivity contribution is 0.101. The molecule has 5 rings (SSSR count). The first-order chi connectivity index (χ1) is 17.2. The third-order valence-corrected chi connectivity index (χ3v) is 6.30. The van der Waals surface area contributed by atoms with E-state index in [-0.39, 0.29) is 17.1 Å². The van der Waals surface area contributed by atoms with Crippen LogP contribution in [0.5, 0.6) is 11.5 Å². The number of rotatable bonds is 4. The van der Waals surface area contributed by atoms with Gasteiger partial charge in [-0.05, 0) is 44.2 Å². The van der Waals surface area contributed by atoms with Crippen LogP contribution in [0.1, 0.15) is 27.3 Å². The number of amides is 2. The minimum Gasteiger partial charge on any atom is -0.497 e. The number of Topliss-reactive ketones (excluding diaryl/α,β-unsaturated/α-hetero) is 1. The molecule has 2 amide bonds. The van der Waals surface area contributed by atoms with Crippen molar-refractivity contribution < 1.29 is 23.5 Å². The number of nitrogens with one attached hydrogen (secondary N) is 3. The minimum atomic E-state index is -0.485. The van der Waals surface area contributed by atoms with Crippen LogP contribution in [0.15, 0.2) is 36.1 Å². The average Bonchev–Trinajstić information content (AvgIpc) is 3.45. The number of hydrogen-bond donors (Lipinski definition) is 3. The van der Waals surface area contributed by atoms with Crippen LogP contribution in [0, 0.1) is 19.7 Å². The van der Waals surface area contributed by atoms with Crippen molar-refractivity contribution in [1.29, 1.82) is 0 Å². The molecule has 184 valence electrons. The average molecular weight is 490 g/mol. The standard InChI is InChI=1S/C26H24FN5O4/c1-12-22(13(2)32(4)31-12)24-17(16-9-15(35-5)10-19(27)23(16)30-24)11-21-25(33)18-8-14(29-26(34)28-3)6-7-20(18)36-21/h6-11,30H,1-5H3,(H2,28,29,34)/b21-11+. The maximum atomic E-state index is 15.0. The predicted octanol–water partition coefficient (Wildman–Crippen LogP) is 4.70. The van der Waals surface area contributed by atoms with Crippen molar-refractivity contribution in [2.45, 2.75) is 13.8 Å². The van der Waals surface area contributed by atoms with Crippen LogP contribution in [-0.4, -0.2) is 40.7 Å². The number of aryl methyl sites for hydroxylation is 2. The number of methoxy groups -OCH3 is 1. The van der Waals surface area contributed by atoms with Crippen LogP contribution >= 0.6 is 0 Å². The second kappa shape index (κ2) is 8.56. The highest BCUT2D eigenvalue weighted by Crippen LogP contribution is 2.40. The maximum Gasteiger partial charge on any atom is 0.318 e. The third-order valence-electron chi connectivity index (χ3n) is 6.30. The summed E-state index contributed by atoms with van der Waals surface area (Å²) in [7, 11) is 4.80. The Labute approximate surface area is 205 Å². The number of aromatic amines is 1. The molecule has 0 bridgehead atoms. The van der Waals surface area contributed by atoms with Crippen LogP contribution in [0.25, 0.3) is 28.2 Å². The quantitative estimate of drug-likeness (QED) is 0.360. The Bertz CT molecular complexity index is 1600. The number of hydrogen-bond acceptors (Lipinski definition) is 5. The number of carbonyl (C=O) groups is 2. The first-order valence-corrected chi connectivity index (χ1v) is 11.2. The topological polar surface area (TPSA) is 110 Å². The molecule has 1 aliphatic rings. The lowest BCUT2D eigenvalue weighted by Crippen LogP contribution is -2.24. The fraction of sp³-hybridized carbons (Fsp3) is 0.192. The summed E-state index contributed by atoms with van der Waals surface area (Å²) >= 11 is 0. The molecule has 0 fully saturated rings. The zero-order valence-electron chi connectivity index (χ0n) is 20.4. The molecule has 2 aromatic heterocycles. The maximum absolute atomic E-state index is 15.0. The highest BCUT2D eigenvalue weighted by molar-refractivity contribution is 6.16. The Hall–Kier alpha value is -4.60. The van der Waals surface area contributed by atoms with Crippen LogP contribution in [-0.2, 0) is 7.05 Å². The molecule has 0 spiro atoms. The number of ether oxygens (including phenoxy) is 2. The van der Waals surface area contributed by atoms with Crippen LogP contribution in [0.4, 0.5) is 14.9 Å². The van der Waals surface area contributed by atoms with E-state index < -0.39 is 11.8 Å². The van der Waals surface area contributed by atoms with Gasteiger partial charge < -0.3 is 25.1 Å². The van der Waals surface area contributed by atoms with Crippen molar-refractivity contribution in [2.24, 2.45) is 7.05 Å². The lowest BCUT2D eigenvalue weighted by atomic mass is 10.0. The number of H-pyrrole nitrogens is 1. The molecule has 4 aromatic rings. The number of aromatic nitrogens is 3. The van der Waals surface area contributed by atoms with E-state index in [1.165, 1.54) is 20.2 Å². The van der Waals surface area contributed by atoms with Crippen molar-refractivity contribution in [1.82, 2.24) is 20.1 Å². The van der Waals surface area contributed by atoms with E-state index in [0.717, 1.165) is 17.0 Å². The largest absolute Gasteiger partial charge is 0.497 e. The smallest absolute Gasteiger partial charge is 0.318 e. The predicted molar refractivity (Wildman–Crippen MR) is 134 cm³/mol. The van der Waals surface area contributed by atoms with E-state index in [0.29, 0.717) is 39.4 Å². The molecule has 9 nitrogen and oxygen atoms in total. The number of urea groups is 1. The SMILES string of the molecule is CNC(=O)Nc1ccc2c(c1)C(=O)/C(=C\c1c(-c3c(C)nn(C)c3C)[nH]c3c(F)cc(OC)cc13)O2. The van der Waals surface area contributed by atoms with E-state index in [9.17, 15) is 9.59 Å². The van der Waals surface area contributed by atoms with Gasteiger partial charge in [0.1, 0.15) is 11.5 Å². The molecule has 36 heavy (non-hydrogen) atoms. The number of nitrogens with zero attached hydrogens (tertiary/aromatic N) is 2. The second-order valence-electron chi connectivity index (χ2n) is 8.47. The van der Waals surface area contributed by atoms with Crippen molar-refractivity contribution in [3.05, 3.63) is 64.4 Å². The number of benzene rings is 2. The molecule has 2 aromatic carbocycles. The van der Waals surface area contributed by atoms with Crippen molar-refractivity contribution >= 4 is 34.5 Å². The monoisotopic (exact) mass is 489 g/mol. The van der Waals surface area contributed by atoms with Crippen molar-refractivity contribution in [2.75, 3.05) is 19.5 Å². The summed E-state index contributed by atoms with van der Waals surface area (Å²) in [6, 6.07) is 7.43. The number of anilines is 1. The first-order valence-electron chi connectivity index (χ1n) is 11.2. The van der Waals surface area contributed by atoms with Gasteiger partial charge in [-0.2, -0.15) is 5.10 Å². The number of carbonyl (C=O) groups excluding carboxylic acids is 2. The number of fused-ring (bicyclic) bond motifs is 2. The van der Waals surface area contributed by atoms with Gasteiger partial charge in [-0.15, -0.1) is 0 Å². The van der Waals surface area contributed by atoms with E-state index >= 15 is 4.39 Å². The van der Waals surface area contributed by atoms with Crippen LogP contribution < -0.4 is 20.1 Å².